The number of hydrogen-bond donors (Lipinski definition) is 0. The molecular formula is C16H15BrO2. The first-order valence-electron chi connectivity index (χ1n) is 6.09. The number of carbonyl (C=O) groups is 1. The van der Waals surface area contributed by atoms with Crippen LogP contribution in [0.25, 0.3) is 0 Å². The molecule has 1 aromatic rings. The number of halogens is 1. The standard InChI is InChI=1S/C16H15BrO2/c17-13-19-16(10-5-2-6-11-16)12-9-15(18)14-7-3-1-4-8-14/h1-10,12H,11,13H2. The summed E-state index contributed by atoms with van der Waals surface area (Å²) in [6.07, 6.45) is 12.0. The van der Waals surface area contributed by atoms with E-state index in [9.17, 15) is 4.79 Å². The van der Waals surface area contributed by atoms with Gasteiger partial charge in [0, 0.05) is 12.0 Å². The number of carbonyl (C=O) groups excluding carboxylic acids is 1. The topological polar surface area (TPSA) is 26.3 Å². The van der Waals surface area contributed by atoms with Crippen molar-refractivity contribution in [1.82, 2.24) is 0 Å². The van der Waals surface area contributed by atoms with E-state index in [-0.39, 0.29) is 5.78 Å². The highest BCUT2D eigenvalue weighted by atomic mass is 79.9. The van der Waals surface area contributed by atoms with Gasteiger partial charge in [-0.1, -0.05) is 64.5 Å². The van der Waals surface area contributed by atoms with Gasteiger partial charge < -0.3 is 4.74 Å². The van der Waals surface area contributed by atoms with Crippen LogP contribution in [0.5, 0.6) is 0 Å². The van der Waals surface area contributed by atoms with Gasteiger partial charge in [-0.3, -0.25) is 4.79 Å². The summed E-state index contributed by atoms with van der Waals surface area (Å²) in [5.41, 5.74) is 0.584. The Morgan fingerprint density at radius 1 is 1.32 bits per heavy atom. The van der Waals surface area contributed by atoms with Crippen LogP contribution in [-0.2, 0) is 4.74 Å². The molecule has 1 aromatic carbocycles. The number of benzene rings is 1. The molecule has 1 aliphatic rings. The van der Waals surface area contributed by atoms with Gasteiger partial charge in [-0.05, 0) is 18.2 Å². The molecule has 19 heavy (non-hydrogen) atoms. The fourth-order valence-electron chi connectivity index (χ4n) is 1.91. The lowest BCUT2D eigenvalue weighted by atomic mass is 9.93. The lowest BCUT2D eigenvalue weighted by molar-refractivity contribution is 0.0658. The van der Waals surface area contributed by atoms with Crippen LogP contribution in [0.3, 0.4) is 0 Å². The molecule has 0 fully saturated rings. The summed E-state index contributed by atoms with van der Waals surface area (Å²) in [6.45, 7) is 0. The summed E-state index contributed by atoms with van der Waals surface area (Å²) < 4.78 is 5.70. The van der Waals surface area contributed by atoms with Gasteiger partial charge in [0.25, 0.3) is 0 Å². The van der Waals surface area contributed by atoms with Crippen molar-refractivity contribution >= 4 is 21.7 Å². The van der Waals surface area contributed by atoms with Crippen molar-refractivity contribution in [3.05, 3.63) is 72.4 Å². The van der Waals surface area contributed by atoms with E-state index in [4.69, 9.17) is 4.74 Å². The van der Waals surface area contributed by atoms with Crippen LogP contribution >= 0.6 is 15.9 Å². The van der Waals surface area contributed by atoms with Crippen LogP contribution in [0.4, 0.5) is 0 Å². The summed E-state index contributed by atoms with van der Waals surface area (Å²) in [6, 6.07) is 9.22. The minimum Gasteiger partial charge on any atom is -0.355 e. The van der Waals surface area contributed by atoms with Crippen molar-refractivity contribution in [1.29, 1.82) is 0 Å². The Morgan fingerprint density at radius 3 is 2.74 bits per heavy atom. The SMILES string of the molecule is O=C(C=CC1(OCBr)C=CC=CC1)c1ccccc1. The zero-order valence-corrected chi connectivity index (χ0v) is 12.0. The molecule has 1 aliphatic carbocycles. The molecule has 0 heterocycles. The minimum atomic E-state index is -0.525. The van der Waals surface area contributed by atoms with E-state index in [1.54, 1.807) is 18.2 Å². The largest absolute Gasteiger partial charge is 0.355 e. The van der Waals surface area contributed by atoms with E-state index in [1.165, 1.54) is 0 Å². The predicted octanol–water partition coefficient (Wildman–Crippen LogP) is 4.05. The maximum Gasteiger partial charge on any atom is 0.185 e. The number of allylic oxidation sites excluding steroid dienone is 3. The first kappa shape index (κ1) is 14.0. The maximum absolute atomic E-state index is 12.0. The molecule has 2 rings (SSSR count). The Labute approximate surface area is 121 Å². The van der Waals surface area contributed by atoms with Crippen LogP contribution < -0.4 is 0 Å². The van der Waals surface area contributed by atoms with Gasteiger partial charge in [0.2, 0.25) is 0 Å². The zero-order valence-electron chi connectivity index (χ0n) is 10.5. The molecule has 98 valence electrons. The van der Waals surface area contributed by atoms with Crippen LogP contribution in [0.1, 0.15) is 16.8 Å². The molecule has 2 nitrogen and oxygen atoms in total. The molecule has 0 amide bonds. The summed E-state index contributed by atoms with van der Waals surface area (Å²) >= 11 is 3.27. The van der Waals surface area contributed by atoms with E-state index >= 15 is 0 Å². The number of ketones is 1. The smallest absolute Gasteiger partial charge is 0.185 e. The molecule has 0 spiro atoms. The van der Waals surface area contributed by atoms with Crippen LogP contribution in [0.2, 0.25) is 0 Å². The van der Waals surface area contributed by atoms with Gasteiger partial charge >= 0.3 is 0 Å². The van der Waals surface area contributed by atoms with Gasteiger partial charge in [-0.15, -0.1) is 0 Å². The third-order valence-electron chi connectivity index (χ3n) is 2.96. The second-order valence-corrected chi connectivity index (χ2v) is 4.72. The van der Waals surface area contributed by atoms with Crippen molar-refractivity contribution in [2.24, 2.45) is 0 Å². The molecule has 0 aliphatic heterocycles. The maximum atomic E-state index is 12.0. The Balaban J connectivity index is 2.13. The summed E-state index contributed by atoms with van der Waals surface area (Å²) in [4.78, 5) is 12.0. The molecule has 1 atom stereocenters. The van der Waals surface area contributed by atoms with Crippen molar-refractivity contribution < 1.29 is 9.53 Å². The van der Waals surface area contributed by atoms with Crippen molar-refractivity contribution in [3.8, 4) is 0 Å². The molecule has 0 bridgehead atoms. The fourth-order valence-corrected chi connectivity index (χ4v) is 2.34. The Kier molecular flexibility index (Phi) is 4.88. The van der Waals surface area contributed by atoms with Crippen LogP contribution in [0, 0.1) is 0 Å². The van der Waals surface area contributed by atoms with Gasteiger partial charge in [0.05, 0.1) is 0 Å². The highest BCUT2D eigenvalue weighted by Gasteiger charge is 2.24. The predicted molar refractivity (Wildman–Crippen MR) is 80.4 cm³/mol. The molecule has 3 heteroatoms. The molecule has 0 radical (unpaired) electrons. The highest BCUT2D eigenvalue weighted by Crippen LogP contribution is 2.25. The Hall–Kier alpha value is -1.45. The van der Waals surface area contributed by atoms with Gasteiger partial charge in [-0.25, -0.2) is 0 Å². The first-order valence-corrected chi connectivity index (χ1v) is 7.21. The van der Waals surface area contributed by atoms with Gasteiger partial charge in [-0.2, -0.15) is 0 Å². The minimum absolute atomic E-state index is 0.0129. The summed E-state index contributed by atoms with van der Waals surface area (Å²) in [7, 11) is 0. The lowest BCUT2D eigenvalue weighted by Crippen LogP contribution is -2.28. The molecule has 0 N–H and O–H groups in total. The third-order valence-corrected chi connectivity index (χ3v) is 3.19. The molecule has 0 saturated carbocycles. The number of ether oxygens (including phenoxy) is 1. The summed E-state index contributed by atoms with van der Waals surface area (Å²) in [5, 5.41) is 0. The van der Waals surface area contributed by atoms with Gasteiger partial charge in [0.15, 0.2) is 5.78 Å². The number of alkyl halides is 1. The van der Waals surface area contributed by atoms with Gasteiger partial charge in [0.1, 0.15) is 11.1 Å². The summed E-state index contributed by atoms with van der Waals surface area (Å²) in [5.74, 6) is -0.0129. The fraction of sp³-hybridized carbons (Fsp3) is 0.188. The average Bonchev–Trinajstić information content (AvgIpc) is 2.47. The quantitative estimate of drug-likeness (QED) is 0.465. The van der Waals surface area contributed by atoms with Crippen LogP contribution in [0.15, 0.2) is 66.8 Å². The number of rotatable bonds is 5. The molecule has 0 saturated heterocycles. The van der Waals surface area contributed by atoms with E-state index < -0.39 is 5.60 Å². The first-order chi connectivity index (χ1) is 9.26. The van der Waals surface area contributed by atoms with Crippen molar-refractivity contribution in [2.45, 2.75) is 12.0 Å². The van der Waals surface area contributed by atoms with Crippen molar-refractivity contribution in [3.63, 3.8) is 0 Å². The van der Waals surface area contributed by atoms with Crippen molar-refractivity contribution in [2.75, 3.05) is 5.52 Å². The number of hydrogen-bond acceptors (Lipinski definition) is 2. The Bertz CT molecular complexity index is 517. The second-order valence-electron chi connectivity index (χ2n) is 4.26. The van der Waals surface area contributed by atoms with E-state index in [0.29, 0.717) is 11.1 Å². The molecular weight excluding hydrogens is 304 g/mol. The third kappa shape index (κ3) is 3.75. The lowest BCUT2D eigenvalue weighted by Gasteiger charge is -2.27. The van der Waals surface area contributed by atoms with Crippen LogP contribution in [-0.4, -0.2) is 16.9 Å². The van der Waals surface area contributed by atoms with E-state index in [1.807, 2.05) is 48.6 Å². The van der Waals surface area contributed by atoms with E-state index in [2.05, 4.69) is 15.9 Å². The normalized spacial score (nSPS) is 21.9. The molecule has 1 unspecified atom stereocenters. The molecule has 0 aromatic heterocycles. The average molecular weight is 319 g/mol. The van der Waals surface area contributed by atoms with E-state index in [0.717, 1.165) is 6.42 Å². The second kappa shape index (κ2) is 6.64. The zero-order chi connectivity index (χ0) is 13.6. The Morgan fingerprint density at radius 2 is 2.11 bits per heavy atom. The monoisotopic (exact) mass is 318 g/mol. The highest BCUT2D eigenvalue weighted by molar-refractivity contribution is 9.09.